The lowest BCUT2D eigenvalue weighted by molar-refractivity contribution is -0.156. The fourth-order valence-electron chi connectivity index (χ4n) is 4.70. The Kier molecular flexibility index (Phi) is 9.29. The summed E-state index contributed by atoms with van der Waals surface area (Å²) < 4.78 is 0. The second kappa shape index (κ2) is 11.9. The van der Waals surface area contributed by atoms with E-state index in [2.05, 4.69) is 31.9 Å². The SMILES string of the molecule is O=C(c1ccc(Cl)cc1)[C@H](CCCl)N(C(=O)c1ccc(Cl)c(Cl)c1)N1C(=O)[C@@H]2C[C@@H](Br)[C@@H](Br)C[C@H]2C1=O. The second-order valence-electron chi connectivity index (χ2n) is 8.85. The Hall–Kier alpha value is -1.16. The molecule has 6 nitrogen and oxygen atoms in total. The van der Waals surface area contributed by atoms with E-state index in [0.29, 0.717) is 17.9 Å². The highest BCUT2D eigenvalue weighted by Gasteiger charge is 2.56. The molecule has 0 N–H and O–H groups in total. The second-order valence-corrected chi connectivity index (χ2v) is 12.8. The van der Waals surface area contributed by atoms with Crippen LogP contribution < -0.4 is 0 Å². The molecule has 2 fully saturated rings. The molecule has 0 spiro atoms. The van der Waals surface area contributed by atoms with Crippen LogP contribution in [-0.4, -0.2) is 55.1 Å². The highest BCUT2D eigenvalue weighted by atomic mass is 79.9. The number of nitrogens with zero attached hydrogens (tertiary/aromatic N) is 2. The van der Waals surface area contributed by atoms with Gasteiger partial charge in [-0.2, -0.15) is 5.01 Å². The number of amides is 3. The first-order chi connectivity index (χ1) is 17.5. The maximum atomic E-state index is 14.0. The van der Waals surface area contributed by atoms with E-state index in [1.165, 1.54) is 30.3 Å². The van der Waals surface area contributed by atoms with Crippen LogP contribution in [0.3, 0.4) is 0 Å². The maximum Gasteiger partial charge on any atom is 0.273 e. The molecule has 196 valence electrons. The molecule has 3 amide bonds. The third-order valence-electron chi connectivity index (χ3n) is 6.59. The van der Waals surface area contributed by atoms with Gasteiger partial charge in [-0.15, -0.1) is 11.6 Å². The summed E-state index contributed by atoms with van der Waals surface area (Å²) in [5.74, 6) is -3.56. The van der Waals surface area contributed by atoms with Crippen LogP contribution in [0.2, 0.25) is 15.1 Å². The first-order valence-electron chi connectivity index (χ1n) is 11.3. The van der Waals surface area contributed by atoms with Crippen LogP contribution in [0.25, 0.3) is 0 Å². The molecule has 2 aromatic carbocycles. The fraction of sp³-hybridized carbons (Fsp3) is 0.360. The van der Waals surface area contributed by atoms with Crippen LogP contribution >= 0.6 is 78.3 Å². The van der Waals surface area contributed by atoms with E-state index in [-0.39, 0.29) is 43.1 Å². The van der Waals surface area contributed by atoms with Crippen LogP contribution in [-0.2, 0) is 9.59 Å². The predicted octanol–water partition coefficient (Wildman–Crippen LogP) is 6.81. The molecule has 2 aromatic rings. The molecule has 1 heterocycles. The summed E-state index contributed by atoms with van der Waals surface area (Å²) in [4.78, 5) is 55.0. The van der Waals surface area contributed by atoms with Gasteiger partial charge in [-0.1, -0.05) is 66.7 Å². The number of fused-ring (bicyclic) bond motifs is 1. The molecule has 1 aliphatic heterocycles. The molecule has 0 unspecified atom stereocenters. The number of Topliss-reactive ketones (excluding diaryl/α,β-unsaturated/α-hetero) is 1. The molecule has 1 saturated heterocycles. The number of benzene rings is 2. The van der Waals surface area contributed by atoms with E-state index in [0.717, 1.165) is 10.0 Å². The van der Waals surface area contributed by atoms with Crippen LogP contribution in [0, 0.1) is 11.8 Å². The summed E-state index contributed by atoms with van der Waals surface area (Å²) in [6, 6.07) is 9.09. The smallest absolute Gasteiger partial charge is 0.273 e. The van der Waals surface area contributed by atoms with Gasteiger partial charge in [0.2, 0.25) is 0 Å². The molecule has 1 saturated carbocycles. The van der Waals surface area contributed by atoms with Crippen LogP contribution in [0.5, 0.6) is 0 Å². The fourth-order valence-corrected chi connectivity index (χ4v) is 6.57. The summed E-state index contributed by atoms with van der Waals surface area (Å²) in [7, 11) is 0. The van der Waals surface area contributed by atoms with Crippen molar-refractivity contribution in [1.29, 1.82) is 0 Å². The van der Waals surface area contributed by atoms with E-state index in [1.54, 1.807) is 12.1 Å². The van der Waals surface area contributed by atoms with E-state index in [1.807, 2.05) is 0 Å². The van der Waals surface area contributed by atoms with Gasteiger partial charge in [0, 0.05) is 31.7 Å². The largest absolute Gasteiger partial charge is 0.292 e. The average molecular weight is 714 g/mol. The van der Waals surface area contributed by atoms with Crippen molar-refractivity contribution in [3.63, 3.8) is 0 Å². The molecule has 0 bridgehead atoms. The van der Waals surface area contributed by atoms with Gasteiger partial charge >= 0.3 is 0 Å². The normalized spacial score (nSPS) is 24.1. The summed E-state index contributed by atoms with van der Waals surface area (Å²) in [5.41, 5.74) is 0.314. The monoisotopic (exact) mass is 710 g/mol. The number of carbonyl (C=O) groups excluding carboxylic acids is 4. The number of ketones is 1. The highest BCUT2D eigenvalue weighted by molar-refractivity contribution is 9.12. The quantitative estimate of drug-likeness (QED) is 0.180. The van der Waals surface area contributed by atoms with Crippen molar-refractivity contribution in [2.75, 3.05) is 5.88 Å². The van der Waals surface area contributed by atoms with Gasteiger partial charge in [-0.05, 0) is 61.7 Å². The summed E-state index contributed by atoms with van der Waals surface area (Å²) in [6.07, 6.45) is 0.800. The Morgan fingerprint density at radius 1 is 0.892 bits per heavy atom. The maximum absolute atomic E-state index is 14.0. The lowest BCUT2D eigenvalue weighted by Crippen LogP contribution is -2.57. The van der Waals surface area contributed by atoms with Crippen molar-refractivity contribution in [2.45, 2.75) is 35.0 Å². The molecule has 1 aliphatic carbocycles. The van der Waals surface area contributed by atoms with Gasteiger partial charge in [0.15, 0.2) is 5.78 Å². The Morgan fingerprint density at radius 2 is 1.43 bits per heavy atom. The Morgan fingerprint density at radius 3 is 1.95 bits per heavy atom. The van der Waals surface area contributed by atoms with Gasteiger partial charge in [-0.3, -0.25) is 19.2 Å². The number of imide groups is 1. The number of hydrazine groups is 1. The van der Waals surface area contributed by atoms with Gasteiger partial charge < -0.3 is 0 Å². The first kappa shape index (κ1) is 28.8. The molecule has 37 heavy (non-hydrogen) atoms. The molecule has 4 rings (SSSR count). The summed E-state index contributed by atoms with van der Waals surface area (Å²) in [6.45, 7) is 0. The standard InChI is InChI=1S/C25H20Br2Cl4N2O4/c26-17-10-15-16(11-18(17)27)25(37)33(24(15)36)32(23(35)13-3-6-19(30)20(31)9-13)21(7-8-28)22(34)12-1-4-14(29)5-2-12/h1-6,9,15-18,21H,7-8,10-11H2/t15-,16-,17-,18+,21+/m1/s1. The topological polar surface area (TPSA) is 74.8 Å². The Labute approximate surface area is 250 Å². The molecular formula is C25H20Br2Cl4N2O4. The van der Waals surface area contributed by atoms with Crippen molar-refractivity contribution in [2.24, 2.45) is 11.8 Å². The third kappa shape index (κ3) is 5.75. The Balaban J connectivity index is 1.82. The summed E-state index contributed by atoms with van der Waals surface area (Å²) >= 11 is 31.4. The van der Waals surface area contributed by atoms with E-state index in [9.17, 15) is 19.2 Å². The number of rotatable bonds is 7. The van der Waals surface area contributed by atoms with Crippen molar-refractivity contribution < 1.29 is 19.2 Å². The number of alkyl halides is 3. The molecule has 12 heteroatoms. The van der Waals surface area contributed by atoms with Gasteiger partial charge in [0.1, 0.15) is 6.04 Å². The van der Waals surface area contributed by atoms with Crippen molar-refractivity contribution in [1.82, 2.24) is 10.0 Å². The lowest BCUT2D eigenvalue weighted by Gasteiger charge is -2.36. The molecule has 5 atom stereocenters. The van der Waals surface area contributed by atoms with Crippen molar-refractivity contribution in [3.05, 3.63) is 68.7 Å². The van der Waals surface area contributed by atoms with Crippen molar-refractivity contribution in [3.8, 4) is 0 Å². The third-order valence-corrected chi connectivity index (χ3v) is 10.5. The molecule has 0 radical (unpaired) electrons. The first-order valence-corrected chi connectivity index (χ1v) is 14.8. The average Bonchev–Trinajstić information content (AvgIpc) is 3.10. The minimum absolute atomic E-state index is 0.00875. The zero-order valence-corrected chi connectivity index (χ0v) is 25.2. The van der Waals surface area contributed by atoms with E-state index in [4.69, 9.17) is 46.4 Å². The van der Waals surface area contributed by atoms with Crippen LogP contribution in [0.15, 0.2) is 42.5 Å². The van der Waals surface area contributed by atoms with Crippen molar-refractivity contribution >= 4 is 102 Å². The number of hydrogen-bond donors (Lipinski definition) is 0. The number of hydrogen-bond acceptors (Lipinski definition) is 4. The zero-order chi connectivity index (χ0) is 27.0. The highest BCUT2D eigenvalue weighted by Crippen LogP contribution is 2.44. The van der Waals surface area contributed by atoms with Gasteiger partial charge in [0.25, 0.3) is 17.7 Å². The minimum atomic E-state index is -1.24. The Bertz CT molecular complexity index is 1220. The van der Waals surface area contributed by atoms with Crippen LogP contribution in [0.4, 0.5) is 0 Å². The van der Waals surface area contributed by atoms with Gasteiger partial charge in [0.05, 0.1) is 21.9 Å². The molecular weight excluding hydrogens is 694 g/mol. The van der Waals surface area contributed by atoms with E-state index >= 15 is 0 Å². The molecule has 2 aliphatic rings. The predicted molar refractivity (Wildman–Crippen MR) is 151 cm³/mol. The van der Waals surface area contributed by atoms with E-state index < -0.39 is 41.4 Å². The zero-order valence-electron chi connectivity index (χ0n) is 19.1. The number of carbonyl (C=O) groups is 4. The minimum Gasteiger partial charge on any atom is -0.292 e. The molecule has 0 aromatic heterocycles. The lowest BCUT2D eigenvalue weighted by atomic mass is 9.81. The number of halogens is 6. The summed E-state index contributed by atoms with van der Waals surface area (Å²) in [5, 5.41) is 2.56. The van der Waals surface area contributed by atoms with Crippen LogP contribution in [0.1, 0.15) is 40.0 Å². The van der Waals surface area contributed by atoms with Gasteiger partial charge in [-0.25, -0.2) is 5.01 Å².